The second-order valence-corrected chi connectivity index (χ2v) is 11.0. The van der Waals surface area contributed by atoms with Crippen LogP contribution in [0.2, 0.25) is 0 Å². The van der Waals surface area contributed by atoms with Gasteiger partial charge < -0.3 is 18.6 Å². The fourth-order valence-corrected chi connectivity index (χ4v) is 6.50. The molecule has 9 heteroatoms. The standard InChI is InChI=1S/C32H27N3O5S/c1-37-18-40-28-23(19-6-4-3-5-7-19)12-13-25-27-31(41-29(25)28)34-30(35(32(27)36)16-22-15-33-17-39-22)24-11-10-21(38-2)14-26(24)20-8-9-20/h3-7,10-15,17,20H,8-9,16,18H2,1-2H3. The second kappa shape index (κ2) is 10.5. The summed E-state index contributed by atoms with van der Waals surface area (Å²) in [5.74, 6) is 3.04. The van der Waals surface area contributed by atoms with Gasteiger partial charge in [0.2, 0.25) is 0 Å². The minimum atomic E-state index is -0.143. The highest BCUT2D eigenvalue weighted by molar-refractivity contribution is 7.25. The molecule has 0 saturated heterocycles. The van der Waals surface area contributed by atoms with Gasteiger partial charge in [-0.05, 0) is 54.2 Å². The van der Waals surface area contributed by atoms with Crippen LogP contribution in [-0.2, 0) is 11.3 Å². The van der Waals surface area contributed by atoms with Crippen LogP contribution in [0.15, 0.2) is 82.5 Å². The fraction of sp³-hybridized carbons (Fsp3) is 0.219. The lowest BCUT2D eigenvalue weighted by Gasteiger charge is -2.15. The van der Waals surface area contributed by atoms with Crippen LogP contribution in [0.4, 0.5) is 0 Å². The van der Waals surface area contributed by atoms with Gasteiger partial charge in [-0.15, -0.1) is 11.3 Å². The number of nitrogens with zero attached hydrogens (tertiary/aromatic N) is 3. The third-order valence-corrected chi connectivity index (χ3v) is 8.53. The number of rotatable bonds is 9. The Kier molecular flexibility index (Phi) is 6.53. The molecule has 0 unspecified atom stereocenters. The van der Waals surface area contributed by atoms with Crippen LogP contribution < -0.4 is 15.0 Å². The van der Waals surface area contributed by atoms with Crippen LogP contribution in [0.3, 0.4) is 0 Å². The predicted molar refractivity (Wildman–Crippen MR) is 159 cm³/mol. The Bertz CT molecular complexity index is 1930. The summed E-state index contributed by atoms with van der Waals surface area (Å²) >= 11 is 1.46. The quantitative estimate of drug-likeness (QED) is 0.177. The molecular formula is C32H27N3O5S. The van der Waals surface area contributed by atoms with Crippen LogP contribution >= 0.6 is 11.3 Å². The van der Waals surface area contributed by atoms with E-state index >= 15 is 0 Å². The summed E-state index contributed by atoms with van der Waals surface area (Å²) < 4.78 is 25.1. The number of aromatic nitrogens is 3. The van der Waals surface area contributed by atoms with Crippen LogP contribution in [-0.4, -0.2) is 35.5 Å². The van der Waals surface area contributed by atoms with Gasteiger partial charge in [0.05, 0.1) is 29.9 Å². The molecular weight excluding hydrogens is 538 g/mol. The summed E-state index contributed by atoms with van der Waals surface area (Å²) in [7, 11) is 3.26. The Labute approximate surface area is 239 Å². The first-order chi connectivity index (χ1) is 20.2. The van der Waals surface area contributed by atoms with Crippen molar-refractivity contribution in [3.8, 4) is 34.0 Å². The van der Waals surface area contributed by atoms with E-state index in [-0.39, 0.29) is 18.9 Å². The second-order valence-electron chi connectivity index (χ2n) is 10.0. The minimum absolute atomic E-state index is 0.0815. The summed E-state index contributed by atoms with van der Waals surface area (Å²) in [5.41, 5.74) is 3.86. The Hall–Kier alpha value is -4.47. The number of methoxy groups -OCH3 is 2. The maximum Gasteiger partial charge on any atom is 0.263 e. The summed E-state index contributed by atoms with van der Waals surface area (Å²) in [5, 5.41) is 1.35. The van der Waals surface area contributed by atoms with Crippen LogP contribution in [0, 0.1) is 0 Å². The Morgan fingerprint density at radius 2 is 1.88 bits per heavy atom. The van der Waals surface area contributed by atoms with Crippen molar-refractivity contribution in [2.24, 2.45) is 0 Å². The van der Waals surface area contributed by atoms with E-state index in [0.29, 0.717) is 33.5 Å². The molecule has 8 nitrogen and oxygen atoms in total. The van der Waals surface area contributed by atoms with Gasteiger partial charge in [-0.25, -0.2) is 9.97 Å². The molecule has 206 valence electrons. The van der Waals surface area contributed by atoms with E-state index in [1.165, 1.54) is 17.7 Å². The number of oxazole rings is 1. The number of thiophene rings is 1. The van der Waals surface area contributed by atoms with Gasteiger partial charge in [-0.2, -0.15) is 0 Å². The molecule has 0 radical (unpaired) electrons. The molecule has 0 N–H and O–H groups in total. The highest BCUT2D eigenvalue weighted by Gasteiger charge is 2.29. The largest absolute Gasteiger partial charge is 0.497 e. The molecule has 3 aromatic carbocycles. The summed E-state index contributed by atoms with van der Waals surface area (Å²) in [4.78, 5) is 24.3. The van der Waals surface area contributed by atoms with Crippen LogP contribution in [0.5, 0.6) is 11.5 Å². The van der Waals surface area contributed by atoms with E-state index < -0.39 is 0 Å². The monoisotopic (exact) mass is 565 g/mol. The molecule has 0 amide bonds. The number of ether oxygens (including phenoxy) is 3. The van der Waals surface area contributed by atoms with Crippen molar-refractivity contribution in [2.75, 3.05) is 21.0 Å². The summed E-state index contributed by atoms with van der Waals surface area (Å²) in [6.07, 6.45) is 5.20. The Morgan fingerprint density at radius 1 is 1.05 bits per heavy atom. The predicted octanol–water partition coefficient (Wildman–Crippen LogP) is 6.85. The lowest BCUT2D eigenvalue weighted by atomic mass is 10.0. The number of hydrogen-bond donors (Lipinski definition) is 0. The number of hydrogen-bond acceptors (Lipinski definition) is 8. The third kappa shape index (κ3) is 4.57. The van der Waals surface area contributed by atoms with Gasteiger partial charge in [0.15, 0.2) is 13.2 Å². The lowest BCUT2D eigenvalue weighted by Crippen LogP contribution is -2.24. The molecule has 3 heterocycles. The molecule has 0 bridgehead atoms. The third-order valence-electron chi connectivity index (χ3n) is 7.44. The van der Waals surface area contributed by atoms with E-state index in [1.807, 2.05) is 54.6 Å². The van der Waals surface area contributed by atoms with Gasteiger partial charge in [0, 0.05) is 23.6 Å². The average Bonchev–Trinajstić information content (AvgIpc) is 3.59. The highest BCUT2D eigenvalue weighted by Crippen LogP contribution is 2.47. The first-order valence-corrected chi connectivity index (χ1v) is 14.2. The molecule has 6 aromatic rings. The lowest BCUT2D eigenvalue weighted by molar-refractivity contribution is 0.0527. The van der Waals surface area contributed by atoms with Crippen molar-refractivity contribution in [3.63, 3.8) is 0 Å². The smallest absolute Gasteiger partial charge is 0.263 e. The molecule has 3 aromatic heterocycles. The normalized spacial score (nSPS) is 13.2. The van der Waals surface area contributed by atoms with Gasteiger partial charge in [-0.1, -0.05) is 36.4 Å². The van der Waals surface area contributed by atoms with Crippen molar-refractivity contribution < 1.29 is 18.6 Å². The summed E-state index contributed by atoms with van der Waals surface area (Å²) in [6, 6.07) is 20.0. The minimum Gasteiger partial charge on any atom is -0.497 e. The van der Waals surface area contributed by atoms with Gasteiger partial charge in [0.25, 0.3) is 5.56 Å². The molecule has 1 aliphatic carbocycles. The van der Waals surface area contributed by atoms with Crippen molar-refractivity contribution in [2.45, 2.75) is 25.3 Å². The number of fused-ring (bicyclic) bond motifs is 3. The molecule has 1 saturated carbocycles. The molecule has 1 fully saturated rings. The van der Waals surface area contributed by atoms with Crippen molar-refractivity contribution in [1.29, 1.82) is 0 Å². The highest BCUT2D eigenvalue weighted by atomic mass is 32.1. The maximum atomic E-state index is 14.4. The first kappa shape index (κ1) is 25.5. The first-order valence-electron chi connectivity index (χ1n) is 13.4. The zero-order chi connectivity index (χ0) is 27.9. The van der Waals surface area contributed by atoms with Gasteiger partial charge in [0.1, 0.15) is 27.9 Å². The molecule has 0 spiro atoms. The fourth-order valence-electron chi connectivity index (χ4n) is 5.33. The Balaban J connectivity index is 1.51. The van der Waals surface area contributed by atoms with Crippen molar-refractivity contribution >= 4 is 31.6 Å². The number of benzene rings is 3. The van der Waals surface area contributed by atoms with Crippen molar-refractivity contribution in [3.05, 3.63) is 94.9 Å². The molecule has 1 aliphatic rings. The zero-order valence-corrected chi connectivity index (χ0v) is 23.4. The zero-order valence-electron chi connectivity index (χ0n) is 22.6. The van der Waals surface area contributed by atoms with E-state index in [0.717, 1.165) is 50.9 Å². The van der Waals surface area contributed by atoms with E-state index in [1.54, 1.807) is 25.0 Å². The molecule has 0 atom stereocenters. The van der Waals surface area contributed by atoms with E-state index in [2.05, 4.69) is 11.1 Å². The average molecular weight is 566 g/mol. The van der Waals surface area contributed by atoms with Crippen LogP contribution in [0.1, 0.15) is 30.1 Å². The van der Waals surface area contributed by atoms with Crippen LogP contribution in [0.25, 0.3) is 42.8 Å². The van der Waals surface area contributed by atoms with Crippen molar-refractivity contribution in [1.82, 2.24) is 14.5 Å². The van der Waals surface area contributed by atoms with Gasteiger partial charge in [-0.3, -0.25) is 9.36 Å². The van der Waals surface area contributed by atoms with Gasteiger partial charge >= 0.3 is 0 Å². The molecule has 0 aliphatic heterocycles. The Morgan fingerprint density at radius 3 is 2.61 bits per heavy atom. The SMILES string of the molecule is COCOc1c(-c2ccccc2)ccc2c1sc1nc(-c3ccc(OC)cc3C3CC3)n(Cc3cnco3)c(=O)c12. The molecule has 7 rings (SSSR count). The maximum absolute atomic E-state index is 14.4. The topological polar surface area (TPSA) is 88.6 Å². The summed E-state index contributed by atoms with van der Waals surface area (Å²) in [6.45, 7) is 0.290. The van der Waals surface area contributed by atoms with E-state index in [9.17, 15) is 4.79 Å². The molecule has 41 heavy (non-hydrogen) atoms. The van der Waals surface area contributed by atoms with E-state index in [4.69, 9.17) is 23.6 Å².